The van der Waals surface area contributed by atoms with E-state index >= 15 is 0 Å². The van der Waals surface area contributed by atoms with Gasteiger partial charge in [-0.05, 0) is 42.0 Å². The van der Waals surface area contributed by atoms with Gasteiger partial charge in [0.1, 0.15) is 11.6 Å². The number of hydrogen-bond acceptors (Lipinski definition) is 6. The van der Waals surface area contributed by atoms with E-state index in [0.29, 0.717) is 38.2 Å². The highest BCUT2D eigenvalue weighted by Crippen LogP contribution is 2.30. The number of benzene rings is 2. The van der Waals surface area contributed by atoms with Gasteiger partial charge in [-0.1, -0.05) is 41.0 Å². The number of aromatic amines is 2. The Morgan fingerprint density at radius 1 is 1.03 bits per heavy atom. The summed E-state index contributed by atoms with van der Waals surface area (Å²) in [5, 5.41) is 10.4. The van der Waals surface area contributed by atoms with Crippen molar-refractivity contribution in [3.63, 3.8) is 0 Å². The fourth-order valence-corrected chi connectivity index (χ4v) is 4.59. The largest absolute Gasteiger partial charge is 0.497 e. The lowest BCUT2D eigenvalue weighted by Crippen LogP contribution is -2.23. The quantitative estimate of drug-likeness (QED) is 0.382. The number of H-pyrrole nitrogens is 2. The van der Waals surface area contributed by atoms with Crippen LogP contribution in [0.4, 0.5) is 0 Å². The second kappa shape index (κ2) is 9.64. The van der Waals surface area contributed by atoms with Gasteiger partial charge in [-0.2, -0.15) is 0 Å². The fraction of sp³-hybridized carbons (Fsp3) is 0.143. The molecule has 0 atom stereocenters. The molecule has 0 radical (unpaired) electrons. The van der Waals surface area contributed by atoms with Crippen LogP contribution >= 0.6 is 35.0 Å². The van der Waals surface area contributed by atoms with Crippen LogP contribution in [0.2, 0.25) is 10.0 Å². The van der Waals surface area contributed by atoms with Crippen molar-refractivity contribution in [1.82, 2.24) is 24.7 Å². The molecule has 0 spiro atoms. The van der Waals surface area contributed by atoms with Crippen LogP contribution < -0.4 is 16.0 Å². The van der Waals surface area contributed by atoms with Gasteiger partial charge in [-0.15, -0.1) is 10.2 Å². The third-order valence-corrected chi connectivity index (χ3v) is 6.13. The summed E-state index contributed by atoms with van der Waals surface area (Å²) in [6.45, 7) is 0. The van der Waals surface area contributed by atoms with Gasteiger partial charge < -0.3 is 9.72 Å². The Bertz CT molecular complexity index is 1340. The molecular weight excluding hydrogens is 473 g/mol. The van der Waals surface area contributed by atoms with E-state index in [-0.39, 0.29) is 6.42 Å². The molecule has 0 aliphatic carbocycles. The van der Waals surface area contributed by atoms with Crippen molar-refractivity contribution in [3.8, 4) is 11.4 Å². The van der Waals surface area contributed by atoms with E-state index in [1.54, 1.807) is 19.2 Å². The molecule has 0 amide bonds. The predicted octanol–water partition coefficient (Wildman–Crippen LogP) is 3.84. The summed E-state index contributed by atoms with van der Waals surface area (Å²) < 4.78 is 7.12. The van der Waals surface area contributed by atoms with Gasteiger partial charge in [-0.25, -0.2) is 4.79 Å². The Morgan fingerprint density at radius 3 is 2.50 bits per heavy atom. The molecule has 0 aliphatic rings. The number of methoxy groups -OCH3 is 1. The third kappa shape index (κ3) is 5.07. The number of halogens is 2. The van der Waals surface area contributed by atoms with Crippen molar-refractivity contribution < 1.29 is 4.74 Å². The van der Waals surface area contributed by atoms with E-state index in [1.165, 1.54) is 17.8 Å². The summed E-state index contributed by atoms with van der Waals surface area (Å²) in [4.78, 5) is 28.1. The van der Waals surface area contributed by atoms with E-state index in [1.807, 2.05) is 34.9 Å². The molecule has 4 aromatic rings. The van der Waals surface area contributed by atoms with Gasteiger partial charge in [0.25, 0.3) is 5.56 Å². The molecule has 32 heavy (non-hydrogen) atoms. The molecule has 0 saturated carbocycles. The molecule has 0 bridgehead atoms. The maximum atomic E-state index is 11.7. The van der Waals surface area contributed by atoms with Crippen molar-refractivity contribution in [2.75, 3.05) is 7.11 Å². The van der Waals surface area contributed by atoms with Crippen LogP contribution in [-0.2, 0) is 12.2 Å². The molecule has 11 heteroatoms. The van der Waals surface area contributed by atoms with Crippen LogP contribution in [0.1, 0.15) is 17.1 Å². The first-order valence-electron chi connectivity index (χ1n) is 9.41. The van der Waals surface area contributed by atoms with Crippen LogP contribution in [0.25, 0.3) is 5.69 Å². The number of hydrogen-bond donors (Lipinski definition) is 2. The smallest absolute Gasteiger partial charge is 0.325 e. The number of nitrogens with one attached hydrogen (secondary N) is 2. The van der Waals surface area contributed by atoms with Crippen molar-refractivity contribution in [2.24, 2.45) is 0 Å². The van der Waals surface area contributed by atoms with E-state index in [0.717, 1.165) is 11.3 Å². The Kier molecular flexibility index (Phi) is 6.69. The first kappa shape index (κ1) is 22.2. The zero-order chi connectivity index (χ0) is 22.7. The Hall–Kier alpha value is -3.01. The maximum absolute atomic E-state index is 11.7. The van der Waals surface area contributed by atoms with Gasteiger partial charge in [-0.3, -0.25) is 14.3 Å². The highest BCUT2D eigenvalue weighted by atomic mass is 35.5. The Balaban J connectivity index is 1.70. The van der Waals surface area contributed by atoms with Gasteiger partial charge in [0.2, 0.25) is 0 Å². The second-order valence-corrected chi connectivity index (χ2v) is 8.53. The SMILES string of the molecule is COc1ccc(-n2c(Cc3cc(=O)[nH]c(=O)[nH]3)nnc2SCc2ccc(Cl)cc2Cl)cc1. The summed E-state index contributed by atoms with van der Waals surface area (Å²) >= 11 is 13.7. The number of ether oxygens (including phenoxy) is 1. The second-order valence-electron chi connectivity index (χ2n) is 6.75. The van der Waals surface area contributed by atoms with Crippen molar-refractivity contribution >= 4 is 35.0 Å². The molecule has 0 aliphatic heterocycles. The van der Waals surface area contributed by atoms with E-state index < -0.39 is 11.2 Å². The van der Waals surface area contributed by atoms with Crippen LogP contribution in [0.3, 0.4) is 0 Å². The highest BCUT2D eigenvalue weighted by molar-refractivity contribution is 7.98. The molecule has 2 N–H and O–H groups in total. The van der Waals surface area contributed by atoms with Gasteiger partial charge in [0.15, 0.2) is 5.16 Å². The van der Waals surface area contributed by atoms with Gasteiger partial charge >= 0.3 is 5.69 Å². The van der Waals surface area contributed by atoms with Gasteiger partial charge in [0, 0.05) is 39.7 Å². The lowest BCUT2D eigenvalue weighted by Gasteiger charge is -2.11. The first-order valence-corrected chi connectivity index (χ1v) is 11.1. The fourth-order valence-electron chi connectivity index (χ4n) is 3.06. The minimum absolute atomic E-state index is 0.209. The van der Waals surface area contributed by atoms with Crippen LogP contribution in [0, 0.1) is 0 Å². The van der Waals surface area contributed by atoms with Crippen molar-refractivity contribution in [2.45, 2.75) is 17.3 Å². The normalized spacial score (nSPS) is 11.0. The molecule has 0 saturated heterocycles. The standard InChI is InChI=1S/C21H17Cl2N5O3S/c1-31-16-6-4-15(5-7-16)28-18(9-14-10-19(29)25-20(30)24-14)26-27-21(28)32-11-12-2-3-13(22)8-17(12)23/h2-8,10H,9,11H2,1H3,(H2,24,25,29,30). The molecule has 2 heterocycles. The first-order chi connectivity index (χ1) is 15.4. The van der Waals surface area contributed by atoms with E-state index in [2.05, 4.69) is 20.2 Å². The van der Waals surface area contributed by atoms with Gasteiger partial charge in [0.05, 0.1) is 7.11 Å². The molecule has 2 aromatic carbocycles. The number of thioether (sulfide) groups is 1. The average Bonchev–Trinajstić information content (AvgIpc) is 3.14. The van der Waals surface area contributed by atoms with Crippen LogP contribution in [-0.4, -0.2) is 31.8 Å². The summed E-state index contributed by atoms with van der Waals surface area (Å²) in [7, 11) is 1.60. The number of aromatic nitrogens is 5. The topological polar surface area (TPSA) is 106 Å². The molecule has 0 fully saturated rings. The van der Waals surface area contributed by atoms with Crippen molar-refractivity contribution in [3.05, 3.63) is 96.5 Å². The van der Waals surface area contributed by atoms with E-state index in [9.17, 15) is 9.59 Å². The molecule has 164 valence electrons. The number of rotatable bonds is 7. The molecule has 2 aromatic heterocycles. The minimum atomic E-state index is -0.574. The van der Waals surface area contributed by atoms with Crippen LogP contribution in [0.15, 0.2) is 63.3 Å². The van der Waals surface area contributed by atoms with E-state index in [4.69, 9.17) is 27.9 Å². The monoisotopic (exact) mass is 489 g/mol. The molecule has 0 unspecified atom stereocenters. The maximum Gasteiger partial charge on any atom is 0.325 e. The number of nitrogens with zero attached hydrogens (tertiary/aromatic N) is 3. The summed E-state index contributed by atoms with van der Waals surface area (Å²) in [5.74, 6) is 1.82. The Morgan fingerprint density at radius 2 is 1.81 bits per heavy atom. The molecular formula is C21H17Cl2N5O3S. The lowest BCUT2D eigenvalue weighted by atomic mass is 10.2. The molecule has 4 rings (SSSR count). The summed E-state index contributed by atoms with van der Waals surface area (Å²) in [6.07, 6.45) is 0.209. The predicted molar refractivity (Wildman–Crippen MR) is 124 cm³/mol. The zero-order valence-electron chi connectivity index (χ0n) is 16.8. The molecule has 8 nitrogen and oxygen atoms in total. The van der Waals surface area contributed by atoms with Crippen LogP contribution in [0.5, 0.6) is 5.75 Å². The Labute approximate surface area is 196 Å². The minimum Gasteiger partial charge on any atom is -0.497 e. The third-order valence-electron chi connectivity index (χ3n) is 4.57. The summed E-state index contributed by atoms with van der Waals surface area (Å²) in [5.41, 5.74) is 1.09. The lowest BCUT2D eigenvalue weighted by molar-refractivity contribution is 0.414. The highest BCUT2D eigenvalue weighted by Gasteiger charge is 2.17. The van der Waals surface area contributed by atoms with Crippen molar-refractivity contribution in [1.29, 1.82) is 0 Å². The zero-order valence-corrected chi connectivity index (χ0v) is 19.1. The average molecular weight is 490 g/mol. The summed E-state index contributed by atoms with van der Waals surface area (Å²) in [6, 6.07) is 14.1.